The molecule has 88 valence electrons. The van der Waals surface area contributed by atoms with E-state index in [1.165, 1.54) is 0 Å². The number of rotatable bonds is 6. The molecule has 0 aliphatic heterocycles. The normalized spacial score (nSPS) is 9.81. The molecule has 0 saturated heterocycles. The SMILES string of the molecule is CNC(=S)NCCSCCc1ccccn1. The van der Waals surface area contributed by atoms with Crippen molar-refractivity contribution in [2.75, 3.05) is 25.1 Å². The van der Waals surface area contributed by atoms with Crippen molar-refractivity contribution >= 4 is 29.1 Å². The molecule has 1 heterocycles. The minimum absolute atomic E-state index is 0.713. The van der Waals surface area contributed by atoms with Crippen LogP contribution in [0.25, 0.3) is 0 Å². The first kappa shape index (κ1) is 13.3. The van der Waals surface area contributed by atoms with Gasteiger partial charge in [-0.15, -0.1) is 0 Å². The van der Waals surface area contributed by atoms with Crippen molar-refractivity contribution in [1.82, 2.24) is 15.6 Å². The zero-order valence-corrected chi connectivity index (χ0v) is 11.0. The lowest BCUT2D eigenvalue weighted by molar-refractivity contribution is 0.941. The average Bonchev–Trinajstić information content (AvgIpc) is 2.34. The summed E-state index contributed by atoms with van der Waals surface area (Å²) >= 11 is 6.88. The highest BCUT2D eigenvalue weighted by molar-refractivity contribution is 7.99. The van der Waals surface area contributed by atoms with Gasteiger partial charge in [-0.25, -0.2) is 0 Å². The van der Waals surface area contributed by atoms with E-state index in [0.717, 1.165) is 30.2 Å². The smallest absolute Gasteiger partial charge is 0.166 e. The Labute approximate surface area is 106 Å². The van der Waals surface area contributed by atoms with Crippen LogP contribution >= 0.6 is 24.0 Å². The van der Waals surface area contributed by atoms with Gasteiger partial charge >= 0.3 is 0 Å². The van der Waals surface area contributed by atoms with Gasteiger partial charge < -0.3 is 10.6 Å². The maximum atomic E-state index is 4.97. The predicted molar refractivity (Wildman–Crippen MR) is 74.9 cm³/mol. The molecule has 0 aromatic carbocycles. The van der Waals surface area contributed by atoms with Gasteiger partial charge in [0.2, 0.25) is 0 Å². The van der Waals surface area contributed by atoms with E-state index >= 15 is 0 Å². The summed E-state index contributed by atoms with van der Waals surface area (Å²) in [6, 6.07) is 6.04. The number of pyridine rings is 1. The molecule has 1 rings (SSSR count). The summed E-state index contributed by atoms with van der Waals surface area (Å²) in [5.74, 6) is 2.17. The Kier molecular flexibility index (Phi) is 6.92. The van der Waals surface area contributed by atoms with E-state index in [-0.39, 0.29) is 0 Å². The van der Waals surface area contributed by atoms with Crippen molar-refractivity contribution in [1.29, 1.82) is 0 Å². The third-order valence-corrected chi connectivity index (χ3v) is 3.32. The first-order valence-electron chi connectivity index (χ1n) is 5.26. The molecule has 0 unspecified atom stereocenters. The Hall–Kier alpha value is -0.810. The van der Waals surface area contributed by atoms with Crippen LogP contribution in [-0.2, 0) is 6.42 Å². The number of aromatic nitrogens is 1. The van der Waals surface area contributed by atoms with E-state index in [4.69, 9.17) is 12.2 Å². The Morgan fingerprint density at radius 1 is 1.44 bits per heavy atom. The highest BCUT2D eigenvalue weighted by Crippen LogP contribution is 2.03. The lowest BCUT2D eigenvalue weighted by Gasteiger charge is -2.06. The van der Waals surface area contributed by atoms with Crippen molar-refractivity contribution in [3.8, 4) is 0 Å². The van der Waals surface area contributed by atoms with Crippen LogP contribution in [0.5, 0.6) is 0 Å². The van der Waals surface area contributed by atoms with Gasteiger partial charge in [-0.1, -0.05) is 6.07 Å². The maximum Gasteiger partial charge on any atom is 0.166 e. The molecule has 16 heavy (non-hydrogen) atoms. The summed E-state index contributed by atoms with van der Waals surface area (Å²) in [6.45, 7) is 0.909. The molecule has 0 spiro atoms. The zero-order chi connectivity index (χ0) is 11.6. The maximum absolute atomic E-state index is 4.97. The molecular weight excluding hydrogens is 238 g/mol. The number of hydrogen-bond donors (Lipinski definition) is 2. The third-order valence-electron chi connectivity index (χ3n) is 1.99. The summed E-state index contributed by atoms with van der Waals surface area (Å²) < 4.78 is 0. The van der Waals surface area contributed by atoms with Crippen LogP contribution < -0.4 is 10.6 Å². The van der Waals surface area contributed by atoms with Crippen LogP contribution in [-0.4, -0.2) is 35.2 Å². The Bertz CT molecular complexity index is 303. The first-order chi connectivity index (χ1) is 7.83. The molecule has 5 heteroatoms. The molecule has 0 bridgehead atoms. The predicted octanol–water partition coefficient (Wildman–Crippen LogP) is 1.45. The van der Waals surface area contributed by atoms with Crippen molar-refractivity contribution in [2.24, 2.45) is 0 Å². The van der Waals surface area contributed by atoms with Crippen molar-refractivity contribution in [2.45, 2.75) is 6.42 Å². The van der Waals surface area contributed by atoms with E-state index < -0.39 is 0 Å². The Morgan fingerprint density at radius 2 is 2.31 bits per heavy atom. The van der Waals surface area contributed by atoms with E-state index in [9.17, 15) is 0 Å². The number of nitrogens with one attached hydrogen (secondary N) is 2. The third kappa shape index (κ3) is 5.92. The number of nitrogens with zero attached hydrogens (tertiary/aromatic N) is 1. The number of aryl methyl sites for hydroxylation is 1. The van der Waals surface area contributed by atoms with Gasteiger partial charge in [-0.2, -0.15) is 11.8 Å². The lowest BCUT2D eigenvalue weighted by atomic mass is 10.3. The van der Waals surface area contributed by atoms with Gasteiger partial charge in [-0.05, 0) is 36.5 Å². The molecule has 3 nitrogen and oxygen atoms in total. The minimum atomic E-state index is 0.713. The number of thiocarbonyl (C=S) groups is 1. The molecule has 0 aliphatic rings. The highest BCUT2D eigenvalue weighted by atomic mass is 32.2. The summed E-state index contributed by atoms with van der Waals surface area (Å²) in [5, 5.41) is 6.71. The summed E-state index contributed by atoms with van der Waals surface area (Å²) in [4.78, 5) is 4.28. The molecule has 0 saturated carbocycles. The quantitative estimate of drug-likeness (QED) is 0.594. The molecular formula is C11H17N3S2. The van der Waals surface area contributed by atoms with Crippen LogP contribution in [0, 0.1) is 0 Å². The standard InChI is InChI=1S/C11H17N3S2/c1-12-11(15)14-7-9-16-8-5-10-4-2-3-6-13-10/h2-4,6H,5,7-9H2,1H3,(H2,12,14,15). The molecule has 0 fully saturated rings. The number of thioether (sulfide) groups is 1. The zero-order valence-electron chi connectivity index (χ0n) is 9.40. The van der Waals surface area contributed by atoms with Crippen molar-refractivity contribution in [3.63, 3.8) is 0 Å². The fraction of sp³-hybridized carbons (Fsp3) is 0.455. The van der Waals surface area contributed by atoms with E-state index in [2.05, 4.69) is 21.7 Å². The molecule has 1 aromatic rings. The second-order valence-corrected chi connectivity index (χ2v) is 4.82. The van der Waals surface area contributed by atoms with Crippen LogP contribution in [0.1, 0.15) is 5.69 Å². The van der Waals surface area contributed by atoms with Gasteiger partial charge in [-0.3, -0.25) is 4.98 Å². The van der Waals surface area contributed by atoms with Gasteiger partial charge in [0.05, 0.1) is 0 Å². The monoisotopic (exact) mass is 255 g/mol. The lowest BCUT2D eigenvalue weighted by Crippen LogP contribution is -2.33. The summed E-state index contributed by atoms with van der Waals surface area (Å²) in [6.07, 6.45) is 2.87. The molecule has 0 amide bonds. The fourth-order valence-corrected chi connectivity index (χ4v) is 2.06. The van der Waals surface area contributed by atoms with E-state index in [1.807, 2.05) is 37.1 Å². The topological polar surface area (TPSA) is 37.0 Å². The first-order valence-corrected chi connectivity index (χ1v) is 6.82. The van der Waals surface area contributed by atoms with E-state index in [0.29, 0.717) is 5.11 Å². The molecule has 1 aromatic heterocycles. The van der Waals surface area contributed by atoms with Crippen LogP contribution in [0.4, 0.5) is 0 Å². The van der Waals surface area contributed by atoms with Crippen LogP contribution in [0.3, 0.4) is 0 Å². The van der Waals surface area contributed by atoms with Gasteiger partial charge in [0.1, 0.15) is 0 Å². The number of hydrogen-bond acceptors (Lipinski definition) is 3. The van der Waals surface area contributed by atoms with Gasteiger partial charge in [0.15, 0.2) is 5.11 Å². The second kappa shape index (κ2) is 8.35. The van der Waals surface area contributed by atoms with Crippen molar-refractivity contribution in [3.05, 3.63) is 30.1 Å². The highest BCUT2D eigenvalue weighted by Gasteiger charge is 1.94. The molecule has 0 aliphatic carbocycles. The largest absolute Gasteiger partial charge is 0.366 e. The average molecular weight is 255 g/mol. The van der Waals surface area contributed by atoms with Gasteiger partial charge in [0, 0.05) is 31.2 Å². The Morgan fingerprint density at radius 3 is 3.00 bits per heavy atom. The summed E-state index contributed by atoms with van der Waals surface area (Å²) in [5.41, 5.74) is 1.16. The van der Waals surface area contributed by atoms with Crippen LogP contribution in [0.15, 0.2) is 24.4 Å². The molecule has 2 N–H and O–H groups in total. The Balaban J connectivity index is 1.98. The summed E-state index contributed by atoms with van der Waals surface area (Å²) in [7, 11) is 1.82. The minimum Gasteiger partial charge on any atom is -0.366 e. The fourth-order valence-electron chi connectivity index (χ4n) is 1.15. The second-order valence-electron chi connectivity index (χ2n) is 3.19. The van der Waals surface area contributed by atoms with Crippen molar-refractivity contribution < 1.29 is 0 Å². The van der Waals surface area contributed by atoms with E-state index in [1.54, 1.807) is 0 Å². The molecule has 0 atom stereocenters. The van der Waals surface area contributed by atoms with Gasteiger partial charge in [0.25, 0.3) is 0 Å². The van der Waals surface area contributed by atoms with Crippen LogP contribution in [0.2, 0.25) is 0 Å². The molecule has 0 radical (unpaired) electrons.